The summed E-state index contributed by atoms with van der Waals surface area (Å²) in [5.74, 6) is 0.0181. The lowest BCUT2D eigenvalue weighted by atomic mass is 9.75. The second-order valence-electron chi connectivity index (χ2n) is 7.15. The van der Waals surface area contributed by atoms with Crippen LogP contribution in [0.15, 0.2) is 36.9 Å². The number of aliphatic hydroxyl groups excluding tert-OH is 2. The van der Waals surface area contributed by atoms with Crippen molar-refractivity contribution in [1.29, 1.82) is 0 Å². The van der Waals surface area contributed by atoms with E-state index >= 15 is 0 Å². The molecule has 2 aromatic heterocycles. The molecular formula is C19H23N5O3. The van der Waals surface area contributed by atoms with E-state index in [1.165, 1.54) is 0 Å². The lowest BCUT2D eigenvalue weighted by molar-refractivity contribution is 0.0235. The van der Waals surface area contributed by atoms with E-state index in [1.807, 2.05) is 23.9 Å². The number of amides is 1. The van der Waals surface area contributed by atoms with E-state index in [9.17, 15) is 9.90 Å². The zero-order valence-electron chi connectivity index (χ0n) is 15.1. The van der Waals surface area contributed by atoms with Crippen molar-refractivity contribution in [2.24, 2.45) is 13.0 Å². The summed E-state index contributed by atoms with van der Waals surface area (Å²) in [4.78, 5) is 17.2. The standard InChI is InChI=1S/C19H23N5O3/c1-23-10-14(9-21-23)18(13-6-15(26)7-13)22-19(27)12-2-3-17-16(8-12)20-11-24(17)4-5-25/h2-3,8-11,13,15,18,25-26H,4-7H2,1H3,(H,22,27)/t13?,15?,18-/m1/s1. The Hall–Kier alpha value is -2.71. The first kappa shape index (κ1) is 17.7. The average Bonchev–Trinajstić information content (AvgIpc) is 3.23. The second kappa shape index (κ2) is 7.13. The molecule has 1 aromatic carbocycles. The second-order valence-corrected chi connectivity index (χ2v) is 7.15. The molecule has 1 amide bonds. The van der Waals surface area contributed by atoms with Gasteiger partial charge in [0.1, 0.15) is 0 Å². The van der Waals surface area contributed by atoms with E-state index in [2.05, 4.69) is 15.4 Å². The summed E-state index contributed by atoms with van der Waals surface area (Å²) in [6, 6.07) is 5.19. The van der Waals surface area contributed by atoms with E-state index in [-0.39, 0.29) is 30.6 Å². The number of aliphatic hydroxyl groups is 2. The Labute approximate surface area is 156 Å². The number of fused-ring (bicyclic) bond motifs is 1. The molecule has 8 nitrogen and oxygen atoms in total. The van der Waals surface area contributed by atoms with Crippen molar-refractivity contribution in [3.63, 3.8) is 0 Å². The lowest BCUT2D eigenvalue weighted by Gasteiger charge is -2.37. The molecular weight excluding hydrogens is 346 g/mol. The number of carbonyl (C=O) groups excluding carboxylic acids is 1. The van der Waals surface area contributed by atoms with Crippen molar-refractivity contribution in [2.45, 2.75) is 31.5 Å². The van der Waals surface area contributed by atoms with Crippen LogP contribution in [0, 0.1) is 5.92 Å². The zero-order chi connectivity index (χ0) is 19.0. The van der Waals surface area contributed by atoms with Crippen LogP contribution in [0.2, 0.25) is 0 Å². The predicted octanol–water partition coefficient (Wildman–Crippen LogP) is 1.00. The van der Waals surface area contributed by atoms with Gasteiger partial charge in [0, 0.05) is 30.9 Å². The van der Waals surface area contributed by atoms with Crippen LogP contribution in [0.25, 0.3) is 11.0 Å². The van der Waals surface area contributed by atoms with E-state index in [1.54, 1.807) is 29.3 Å². The number of nitrogens with zero attached hydrogens (tertiary/aromatic N) is 4. The SMILES string of the molecule is Cn1cc([C@H](NC(=O)c2ccc3c(c2)ncn3CCO)C2CC(O)C2)cn1. The van der Waals surface area contributed by atoms with Gasteiger partial charge in [0.25, 0.3) is 5.91 Å². The van der Waals surface area contributed by atoms with Gasteiger partial charge in [-0.1, -0.05) is 0 Å². The number of aromatic nitrogens is 4. The molecule has 0 unspecified atom stereocenters. The summed E-state index contributed by atoms with van der Waals surface area (Å²) in [5.41, 5.74) is 3.07. The molecule has 0 bridgehead atoms. The van der Waals surface area contributed by atoms with Gasteiger partial charge in [-0.25, -0.2) is 4.98 Å². The number of carbonyl (C=O) groups is 1. The molecule has 1 atom stereocenters. The van der Waals surface area contributed by atoms with Gasteiger partial charge in [-0.05, 0) is 37.0 Å². The summed E-state index contributed by atoms with van der Waals surface area (Å²) in [5, 5.41) is 26.1. The molecule has 1 aliphatic carbocycles. The molecule has 3 N–H and O–H groups in total. The molecule has 2 heterocycles. The van der Waals surface area contributed by atoms with Gasteiger partial charge in [-0.3, -0.25) is 9.48 Å². The molecule has 1 fully saturated rings. The van der Waals surface area contributed by atoms with Gasteiger partial charge in [0.2, 0.25) is 0 Å². The highest BCUT2D eigenvalue weighted by Crippen LogP contribution is 2.38. The van der Waals surface area contributed by atoms with E-state index < -0.39 is 0 Å². The van der Waals surface area contributed by atoms with Crippen LogP contribution in [0.4, 0.5) is 0 Å². The van der Waals surface area contributed by atoms with Crippen molar-refractivity contribution in [3.8, 4) is 0 Å². The first-order valence-electron chi connectivity index (χ1n) is 9.08. The number of benzene rings is 1. The van der Waals surface area contributed by atoms with Gasteiger partial charge < -0.3 is 20.1 Å². The Kier molecular flexibility index (Phi) is 4.67. The smallest absolute Gasteiger partial charge is 0.251 e. The summed E-state index contributed by atoms with van der Waals surface area (Å²) < 4.78 is 3.56. The largest absolute Gasteiger partial charge is 0.395 e. The highest BCUT2D eigenvalue weighted by molar-refractivity contribution is 5.97. The van der Waals surface area contributed by atoms with Crippen LogP contribution in [0.3, 0.4) is 0 Å². The van der Waals surface area contributed by atoms with Gasteiger partial charge >= 0.3 is 0 Å². The Morgan fingerprint density at radius 2 is 2.22 bits per heavy atom. The maximum absolute atomic E-state index is 12.9. The molecule has 142 valence electrons. The lowest BCUT2D eigenvalue weighted by Crippen LogP contribution is -2.41. The van der Waals surface area contributed by atoms with Crippen LogP contribution in [0.1, 0.15) is 34.8 Å². The summed E-state index contributed by atoms with van der Waals surface area (Å²) in [6.45, 7) is 0.503. The maximum Gasteiger partial charge on any atom is 0.251 e. The van der Waals surface area contributed by atoms with Gasteiger partial charge in [0.15, 0.2) is 0 Å². The van der Waals surface area contributed by atoms with Crippen LogP contribution in [0.5, 0.6) is 0 Å². The zero-order valence-corrected chi connectivity index (χ0v) is 15.1. The molecule has 8 heteroatoms. The van der Waals surface area contributed by atoms with Crippen LogP contribution in [-0.4, -0.2) is 48.2 Å². The number of hydrogen-bond donors (Lipinski definition) is 3. The average molecular weight is 369 g/mol. The van der Waals surface area contributed by atoms with Gasteiger partial charge in [0.05, 0.1) is 42.3 Å². The Morgan fingerprint density at radius 3 is 2.89 bits per heavy atom. The summed E-state index contributed by atoms with van der Waals surface area (Å²) in [6.07, 6.45) is 6.37. The van der Waals surface area contributed by atoms with Gasteiger partial charge in [-0.15, -0.1) is 0 Å². The molecule has 0 spiro atoms. The fraction of sp³-hybridized carbons (Fsp3) is 0.421. The first-order valence-corrected chi connectivity index (χ1v) is 9.08. The minimum Gasteiger partial charge on any atom is -0.395 e. The van der Waals surface area contributed by atoms with Gasteiger partial charge in [-0.2, -0.15) is 5.10 Å². The maximum atomic E-state index is 12.9. The van der Waals surface area contributed by atoms with Crippen molar-refractivity contribution < 1.29 is 15.0 Å². The predicted molar refractivity (Wildman–Crippen MR) is 99.0 cm³/mol. The monoisotopic (exact) mass is 369 g/mol. The molecule has 1 aliphatic rings. The third-order valence-corrected chi connectivity index (χ3v) is 5.22. The van der Waals surface area contributed by atoms with E-state index in [4.69, 9.17) is 5.11 Å². The molecule has 1 saturated carbocycles. The van der Waals surface area contributed by atoms with Crippen molar-refractivity contribution in [2.75, 3.05) is 6.61 Å². The Bertz CT molecular complexity index is 957. The number of nitrogens with one attached hydrogen (secondary N) is 1. The van der Waals surface area contributed by atoms with Crippen molar-refractivity contribution in [1.82, 2.24) is 24.6 Å². The first-order chi connectivity index (χ1) is 13.0. The molecule has 0 radical (unpaired) electrons. The van der Waals surface area contributed by atoms with Crippen LogP contribution >= 0.6 is 0 Å². The number of hydrogen-bond acceptors (Lipinski definition) is 5. The van der Waals surface area contributed by atoms with Crippen LogP contribution < -0.4 is 5.32 Å². The Balaban J connectivity index is 1.56. The van der Waals surface area contributed by atoms with E-state index in [0.717, 1.165) is 11.1 Å². The topological polar surface area (TPSA) is 105 Å². The number of aryl methyl sites for hydroxylation is 1. The fourth-order valence-electron chi connectivity index (χ4n) is 3.69. The highest BCUT2D eigenvalue weighted by Gasteiger charge is 2.36. The third-order valence-electron chi connectivity index (χ3n) is 5.22. The molecule has 0 saturated heterocycles. The summed E-state index contributed by atoms with van der Waals surface area (Å²) in [7, 11) is 1.84. The Morgan fingerprint density at radius 1 is 1.41 bits per heavy atom. The molecule has 3 aromatic rings. The molecule has 27 heavy (non-hydrogen) atoms. The van der Waals surface area contributed by atoms with Crippen LogP contribution in [-0.2, 0) is 13.6 Å². The third kappa shape index (κ3) is 3.45. The fourth-order valence-corrected chi connectivity index (χ4v) is 3.69. The minimum atomic E-state index is -0.294. The van der Waals surface area contributed by atoms with Crippen molar-refractivity contribution >= 4 is 16.9 Å². The molecule has 4 rings (SSSR count). The summed E-state index contributed by atoms with van der Waals surface area (Å²) >= 11 is 0. The number of rotatable bonds is 6. The normalized spacial score (nSPS) is 20.4. The van der Waals surface area contributed by atoms with E-state index in [0.29, 0.717) is 30.5 Å². The highest BCUT2D eigenvalue weighted by atomic mass is 16.3. The minimum absolute atomic E-state index is 0.0354. The van der Waals surface area contributed by atoms with Crippen molar-refractivity contribution in [3.05, 3.63) is 48.0 Å². The molecule has 0 aliphatic heterocycles. The quantitative estimate of drug-likeness (QED) is 0.601. The number of imidazole rings is 1.